The number of Topliss-reactive ketones (excluding diaryl/α,β-unsaturated/α-hetero) is 1. The van der Waals surface area contributed by atoms with Gasteiger partial charge < -0.3 is 4.90 Å². The number of pyridine rings is 1. The molecule has 26 heavy (non-hydrogen) atoms. The molecule has 2 heterocycles. The molecule has 0 bridgehead atoms. The molecule has 1 aliphatic rings. The summed E-state index contributed by atoms with van der Waals surface area (Å²) in [6.07, 6.45) is 2.95. The second-order valence-corrected chi connectivity index (χ2v) is 7.30. The van der Waals surface area contributed by atoms with Gasteiger partial charge in [-0.3, -0.25) is 9.78 Å². The summed E-state index contributed by atoms with van der Waals surface area (Å²) in [7, 11) is 2.12. The summed E-state index contributed by atoms with van der Waals surface area (Å²) in [5, 5.41) is -0.265. The Morgan fingerprint density at radius 3 is 2.62 bits per heavy atom. The predicted molar refractivity (Wildman–Crippen MR) is 97.6 cm³/mol. The van der Waals surface area contributed by atoms with Crippen molar-refractivity contribution in [3.63, 3.8) is 0 Å². The van der Waals surface area contributed by atoms with Gasteiger partial charge in [-0.05, 0) is 69.6 Å². The molecule has 1 saturated heterocycles. The number of hydrogen-bond acceptors (Lipinski definition) is 3. The second-order valence-electron chi connectivity index (χ2n) is 6.89. The number of halogens is 3. The summed E-state index contributed by atoms with van der Waals surface area (Å²) in [5.41, 5.74) is 0.830. The smallest absolute Gasteiger partial charge is 0.174 e. The first-order valence-corrected chi connectivity index (χ1v) is 9.12. The molecule has 6 heteroatoms. The van der Waals surface area contributed by atoms with E-state index in [1.165, 1.54) is 0 Å². The molecule has 3 nitrogen and oxygen atoms in total. The lowest BCUT2D eigenvalue weighted by molar-refractivity contribution is 0.0984. The minimum absolute atomic E-state index is 0.157. The third-order valence-corrected chi connectivity index (χ3v) is 5.16. The lowest BCUT2D eigenvalue weighted by Gasteiger charge is -2.28. The van der Waals surface area contributed by atoms with Gasteiger partial charge in [0.05, 0.1) is 17.0 Å². The van der Waals surface area contributed by atoms with Crippen molar-refractivity contribution in [2.75, 3.05) is 20.1 Å². The number of likely N-dealkylation sites (tertiary alicyclic amines) is 1. The maximum Gasteiger partial charge on any atom is 0.174 e. The molecule has 1 fully saturated rings. The van der Waals surface area contributed by atoms with Crippen LogP contribution in [0.1, 0.15) is 34.6 Å². The van der Waals surface area contributed by atoms with E-state index in [-0.39, 0.29) is 11.4 Å². The van der Waals surface area contributed by atoms with Crippen LogP contribution in [0.4, 0.5) is 8.78 Å². The molecule has 0 amide bonds. The highest BCUT2D eigenvalue weighted by molar-refractivity contribution is 6.31. The Kier molecular flexibility index (Phi) is 5.99. The van der Waals surface area contributed by atoms with Crippen LogP contribution in [0.2, 0.25) is 5.02 Å². The zero-order chi connectivity index (χ0) is 18.7. The number of carbonyl (C=O) groups excluding carboxylic acids is 1. The molecule has 0 N–H and O–H groups in total. The SMILES string of the molecule is CN1CCC(Cc2cccc(CC(=O)c3c(F)ccc(Cl)c3F)n2)CC1. The van der Waals surface area contributed by atoms with E-state index in [1.807, 2.05) is 12.1 Å². The molecular weight excluding hydrogens is 358 g/mol. The average molecular weight is 379 g/mol. The number of ketones is 1. The number of nitrogens with zero attached hydrogens (tertiary/aromatic N) is 2. The molecule has 138 valence electrons. The van der Waals surface area contributed by atoms with Crippen molar-refractivity contribution in [2.45, 2.75) is 25.7 Å². The predicted octanol–water partition coefficient (Wildman–Crippen LogP) is 4.32. The van der Waals surface area contributed by atoms with E-state index in [9.17, 15) is 13.6 Å². The van der Waals surface area contributed by atoms with Crippen LogP contribution in [-0.4, -0.2) is 35.8 Å². The first kappa shape index (κ1) is 18.9. The fourth-order valence-electron chi connectivity index (χ4n) is 3.34. The molecule has 1 aromatic heterocycles. The molecule has 0 unspecified atom stereocenters. The van der Waals surface area contributed by atoms with Crippen molar-refractivity contribution in [3.8, 4) is 0 Å². The first-order valence-electron chi connectivity index (χ1n) is 8.74. The number of carbonyl (C=O) groups is 1. The van der Waals surface area contributed by atoms with Gasteiger partial charge in [0.25, 0.3) is 0 Å². The van der Waals surface area contributed by atoms with Gasteiger partial charge in [-0.15, -0.1) is 0 Å². The van der Waals surface area contributed by atoms with E-state index in [0.29, 0.717) is 11.6 Å². The van der Waals surface area contributed by atoms with Crippen LogP contribution in [0.15, 0.2) is 30.3 Å². The lowest BCUT2D eigenvalue weighted by Crippen LogP contribution is -2.31. The lowest BCUT2D eigenvalue weighted by atomic mass is 9.92. The molecule has 0 aliphatic carbocycles. The number of aromatic nitrogens is 1. The Bertz CT molecular complexity index is 804. The van der Waals surface area contributed by atoms with Crippen LogP contribution in [-0.2, 0) is 12.8 Å². The minimum atomic E-state index is -1.01. The fourth-order valence-corrected chi connectivity index (χ4v) is 3.50. The Morgan fingerprint density at radius 1 is 1.19 bits per heavy atom. The van der Waals surface area contributed by atoms with E-state index >= 15 is 0 Å². The van der Waals surface area contributed by atoms with E-state index in [2.05, 4.69) is 16.9 Å². The third kappa shape index (κ3) is 4.46. The maximum atomic E-state index is 14.0. The number of hydrogen-bond donors (Lipinski definition) is 0. The largest absolute Gasteiger partial charge is 0.306 e. The monoisotopic (exact) mass is 378 g/mol. The first-order chi connectivity index (χ1) is 12.4. The molecular formula is C20H21ClF2N2O. The quantitative estimate of drug-likeness (QED) is 0.573. The molecule has 1 aliphatic heterocycles. The van der Waals surface area contributed by atoms with E-state index in [0.717, 1.165) is 50.2 Å². The Labute approximate surface area is 157 Å². The van der Waals surface area contributed by atoms with E-state index in [1.54, 1.807) is 6.07 Å². The zero-order valence-corrected chi connectivity index (χ0v) is 15.4. The van der Waals surface area contributed by atoms with E-state index in [4.69, 9.17) is 11.6 Å². The van der Waals surface area contributed by atoms with Crippen molar-refractivity contribution in [1.82, 2.24) is 9.88 Å². The number of benzene rings is 1. The molecule has 1 aromatic carbocycles. The highest BCUT2D eigenvalue weighted by Gasteiger charge is 2.21. The molecule has 0 saturated carbocycles. The normalized spacial score (nSPS) is 16.0. The van der Waals surface area contributed by atoms with Crippen molar-refractivity contribution in [2.24, 2.45) is 5.92 Å². The molecule has 0 spiro atoms. The maximum absolute atomic E-state index is 14.0. The van der Waals surface area contributed by atoms with Gasteiger partial charge in [-0.25, -0.2) is 8.78 Å². The van der Waals surface area contributed by atoms with Crippen LogP contribution >= 0.6 is 11.6 Å². The summed E-state index contributed by atoms with van der Waals surface area (Å²) in [6.45, 7) is 2.16. The van der Waals surface area contributed by atoms with Crippen LogP contribution in [0.3, 0.4) is 0 Å². The molecule has 3 rings (SSSR count). The highest BCUT2D eigenvalue weighted by Crippen LogP contribution is 2.23. The van der Waals surface area contributed by atoms with Gasteiger partial charge in [-0.2, -0.15) is 0 Å². The summed E-state index contributed by atoms with van der Waals surface area (Å²) in [5.74, 6) is -2.00. The summed E-state index contributed by atoms with van der Waals surface area (Å²) in [6, 6.07) is 7.58. The average Bonchev–Trinajstić information content (AvgIpc) is 2.61. The van der Waals surface area contributed by atoms with Crippen molar-refractivity contribution in [3.05, 3.63) is 63.9 Å². The van der Waals surface area contributed by atoms with Gasteiger partial charge in [0.1, 0.15) is 5.82 Å². The summed E-state index contributed by atoms with van der Waals surface area (Å²) in [4.78, 5) is 19.2. The Morgan fingerprint density at radius 2 is 1.88 bits per heavy atom. The standard InChI is InChI=1S/C20H21ClF2N2O/c1-25-9-7-13(8-10-25)11-14-3-2-4-15(24-14)12-18(26)19-17(22)6-5-16(21)20(19)23/h2-6,13H,7-12H2,1H3. The van der Waals surface area contributed by atoms with Crippen LogP contribution < -0.4 is 0 Å². The Balaban J connectivity index is 1.71. The third-order valence-electron chi connectivity index (χ3n) is 4.86. The number of piperidine rings is 1. The molecule has 2 aromatic rings. The van der Waals surface area contributed by atoms with Gasteiger partial charge in [0.2, 0.25) is 0 Å². The fraction of sp³-hybridized carbons (Fsp3) is 0.400. The van der Waals surface area contributed by atoms with Crippen molar-refractivity contribution < 1.29 is 13.6 Å². The molecule has 0 atom stereocenters. The van der Waals surface area contributed by atoms with Crippen molar-refractivity contribution in [1.29, 1.82) is 0 Å². The van der Waals surface area contributed by atoms with Gasteiger partial charge in [0.15, 0.2) is 11.6 Å². The Hall–Kier alpha value is -1.85. The second kappa shape index (κ2) is 8.23. The summed E-state index contributed by atoms with van der Waals surface area (Å²) >= 11 is 5.66. The zero-order valence-electron chi connectivity index (χ0n) is 14.6. The van der Waals surface area contributed by atoms with Crippen LogP contribution in [0.25, 0.3) is 0 Å². The van der Waals surface area contributed by atoms with Crippen LogP contribution in [0.5, 0.6) is 0 Å². The number of rotatable bonds is 5. The molecule has 0 radical (unpaired) electrons. The van der Waals surface area contributed by atoms with E-state index < -0.39 is 23.0 Å². The van der Waals surface area contributed by atoms with Crippen LogP contribution in [0, 0.1) is 17.6 Å². The summed E-state index contributed by atoms with van der Waals surface area (Å²) < 4.78 is 27.9. The highest BCUT2D eigenvalue weighted by atomic mass is 35.5. The van der Waals surface area contributed by atoms with Gasteiger partial charge in [0, 0.05) is 11.4 Å². The minimum Gasteiger partial charge on any atom is -0.306 e. The van der Waals surface area contributed by atoms with Crippen molar-refractivity contribution >= 4 is 17.4 Å². The van der Waals surface area contributed by atoms with Gasteiger partial charge in [-0.1, -0.05) is 17.7 Å². The van der Waals surface area contributed by atoms with Gasteiger partial charge >= 0.3 is 0 Å². The topological polar surface area (TPSA) is 33.2 Å².